The lowest BCUT2D eigenvalue weighted by Crippen LogP contribution is -2.65. The lowest BCUT2D eigenvalue weighted by atomic mass is 9.73. The molecule has 1 aliphatic rings. The first-order valence-electron chi connectivity index (χ1n) is 12.6. The topological polar surface area (TPSA) is 121 Å². The van der Waals surface area contributed by atoms with Gasteiger partial charge in [0, 0.05) is 5.92 Å². The van der Waals surface area contributed by atoms with Gasteiger partial charge in [0.2, 0.25) is 5.60 Å². The third-order valence-corrected chi connectivity index (χ3v) is 12.0. The van der Waals surface area contributed by atoms with E-state index in [1.807, 2.05) is 0 Å². The zero-order valence-electron chi connectivity index (χ0n) is 23.3. The number of carbonyl (C=O) groups excluding carboxylic acids is 2. The molecule has 206 valence electrons. The molecule has 5 atom stereocenters. The standard InChI is InChI=1S/C25H48O9Si/c1-11-12-13-14-15-16-17(33-35(9,10)23(2,3)4)18-20(32-34-24(18,5)6)25(29,22(28)31-8)19(26)21(27)30-7/h17-20,26,29H,11-16H2,1-10H3/t17-,18-,19+,20+,25-/m0/s1. The number of carbonyl (C=O) groups is 2. The van der Waals surface area contributed by atoms with E-state index in [1.54, 1.807) is 13.8 Å². The molecule has 2 N–H and O–H groups in total. The Balaban J connectivity index is 3.52. The summed E-state index contributed by atoms with van der Waals surface area (Å²) in [6.45, 7) is 16.4. The van der Waals surface area contributed by atoms with Crippen molar-refractivity contribution in [1.29, 1.82) is 0 Å². The van der Waals surface area contributed by atoms with E-state index in [0.29, 0.717) is 6.42 Å². The van der Waals surface area contributed by atoms with Crippen molar-refractivity contribution in [3.8, 4) is 0 Å². The van der Waals surface area contributed by atoms with Crippen LogP contribution >= 0.6 is 0 Å². The quantitative estimate of drug-likeness (QED) is 0.161. The van der Waals surface area contributed by atoms with E-state index in [9.17, 15) is 19.8 Å². The largest absolute Gasteiger partial charge is 0.467 e. The van der Waals surface area contributed by atoms with Crippen molar-refractivity contribution in [3.63, 3.8) is 0 Å². The molecular formula is C25H48O9Si. The first kappa shape index (κ1) is 32.0. The van der Waals surface area contributed by atoms with Crippen LogP contribution in [-0.4, -0.2) is 74.2 Å². The normalized spacial score (nSPS) is 23.9. The summed E-state index contributed by atoms with van der Waals surface area (Å²) in [5.41, 5.74) is -3.77. The van der Waals surface area contributed by atoms with E-state index in [0.717, 1.165) is 46.3 Å². The van der Waals surface area contributed by atoms with E-state index in [-0.39, 0.29) is 5.04 Å². The Morgan fingerprint density at radius 1 is 1.06 bits per heavy atom. The lowest BCUT2D eigenvalue weighted by Gasteiger charge is -2.45. The molecule has 1 rings (SSSR count). The molecule has 1 heterocycles. The Hall–Kier alpha value is -1.04. The maximum Gasteiger partial charge on any atom is 0.344 e. The molecule has 0 aliphatic carbocycles. The van der Waals surface area contributed by atoms with Crippen LogP contribution in [0.4, 0.5) is 0 Å². The summed E-state index contributed by atoms with van der Waals surface area (Å²) in [6, 6.07) is 0. The molecule has 9 nitrogen and oxygen atoms in total. The molecule has 35 heavy (non-hydrogen) atoms. The Labute approximate surface area is 211 Å². The second-order valence-corrected chi connectivity index (χ2v) is 16.3. The Morgan fingerprint density at radius 2 is 1.63 bits per heavy atom. The van der Waals surface area contributed by atoms with E-state index < -0.39 is 55.7 Å². The minimum absolute atomic E-state index is 0.0996. The predicted octanol–water partition coefficient (Wildman–Crippen LogP) is 3.90. The second-order valence-electron chi connectivity index (χ2n) is 11.6. The minimum atomic E-state index is -2.77. The highest BCUT2D eigenvalue weighted by Crippen LogP contribution is 2.47. The fraction of sp³-hybridized carbons (Fsp3) is 0.920. The van der Waals surface area contributed by atoms with Crippen LogP contribution in [0.3, 0.4) is 0 Å². The summed E-state index contributed by atoms with van der Waals surface area (Å²) in [6.07, 6.45) is 1.73. The number of hydrogen-bond donors (Lipinski definition) is 2. The van der Waals surface area contributed by atoms with Gasteiger partial charge in [-0.3, -0.25) is 0 Å². The molecule has 1 aliphatic heterocycles. The van der Waals surface area contributed by atoms with Crippen molar-refractivity contribution in [2.24, 2.45) is 5.92 Å². The van der Waals surface area contributed by atoms with Crippen LogP contribution in [0.1, 0.15) is 80.1 Å². The van der Waals surface area contributed by atoms with Crippen LogP contribution in [0.15, 0.2) is 0 Å². The van der Waals surface area contributed by atoms with E-state index in [2.05, 4.69) is 45.5 Å². The van der Waals surface area contributed by atoms with Crippen molar-refractivity contribution in [3.05, 3.63) is 0 Å². The van der Waals surface area contributed by atoms with E-state index in [1.165, 1.54) is 0 Å². The highest BCUT2D eigenvalue weighted by Gasteiger charge is 2.66. The maximum absolute atomic E-state index is 12.8. The van der Waals surface area contributed by atoms with Crippen LogP contribution < -0.4 is 0 Å². The summed E-state index contributed by atoms with van der Waals surface area (Å²) in [7, 11) is -0.205. The Morgan fingerprint density at radius 3 is 2.11 bits per heavy atom. The Bertz CT molecular complexity index is 704. The monoisotopic (exact) mass is 520 g/mol. The van der Waals surface area contributed by atoms with Gasteiger partial charge in [-0.2, -0.15) is 0 Å². The number of methoxy groups -OCH3 is 2. The van der Waals surface area contributed by atoms with Crippen LogP contribution in [-0.2, 0) is 33.3 Å². The number of unbranched alkanes of at least 4 members (excludes halogenated alkanes) is 4. The average molecular weight is 521 g/mol. The second kappa shape index (κ2) is 12.5. The van der Waals surface area contributed by atoms with Gasteiger partial charge in [0.25, 0.3) is 0 Å². The summed E-state index contributed by atoms with van der Waals surface area (Å²) in [5.74, 6) is -3.11. The van der Waals surface area contributed by atoms with Gasteiger partial charge in [-0.1, -0.05) is 59.8 Å². The minimum Gasteiger partial charge on any atom is -0.467 e. The molecule has 0 aromatic heterocycles. The fourth-order valence-electron chi connectivity index (χ4n) is 4.30. The number of aliphatic hydroxyl groups is 2. The van der Waals surface area contributed by atoms with Crippen LogP contribution in [0.5, 0.6) is 0 Å². The van der Waals surface area contributed by atoms with Gasteiger partial charge in [-0.15, -0.1) is 0 Å². The predicted molar refractivity (Wildman–Crippen MR) is 134 cm³/mol. The molecule has 1 fully saturated rings. The number of aliphatic hydroxyl groups excluding tert-OH is 1. The number of hydrogen-bond acceptors (Lipinski definition) is 9. The molecule has 1 saturated heterocycles. The van der Waals surface area contributed by atoms with Crippen LogP contribution in [0.2, 0.25) is 18.1 Å². The molecular weight excluding hydrogens is 472 g/mol. The lowest BCUT2D eigenvalue weighted by molar-refractivity contribution is -0.340. The van der Waals surface area contributed by atoms with Crippen molar-refractivity contribution in [2.75, 3.05) is 14.2 Å². The third kappa shape index (κ3) is 7.26. The van der Waals surface area contributed by atoms with Gasteiger partial charge in [0.1, 0.15) is 11.7 Å². The molecule has 0 bridgehead atoms. The summed E-state index contributed by atoms with van der Waals surface area (Å²) >= 11 is 0. The zero-order valence-corrected chi connectivity index (χ0v) is 24.3. The molecule has 0 aromatic carbocycles. The van der Waals surface area contributed by atoms with Crippen LogP contribution in [0.25, 0.3) is 0 Å². The highest BCUT2D eigenvalue weighted by molar-refractivity contribution is 6.74. The summed E-state index contributed by atoms with van der Waals surface area (Å²) in [4.78, 5) is 36.2. The van der Waals surface area contributed by atoms with Gasteiger partial charge < -0.3 is 24.1 Å². The zero-order chi connectivity index (χ0) is 27.2. The van der Waals surface area contributed by atoms with Gasteiger partial charge in [0.15, 0.2) is 14.4 Å². The van der Waals surface area contributed by atoms with E-state index >= 15 is 0 Å². The van der Waals surface area contributed by atoms with Crippen molar-refractivity contribution >= 4 is 20.3 Å². The molecule has 0 radical (unpaired) electrons. The van der Waals surface area contributed by atoms with Crippen molar-refractivity contribution in [1.82, 2.24) is 0 Å². The van der Waals surface area contributed by atoms with Crippen molar-refractivity contribution in [2.45, 2.75) is 128 Å². The first-order chi connectivity index (χ1) is 16.0. The van der Waals surface area contributed by atoms with E-state index in [4.69, 9.17) is 18.9 Å². The number of esters is 2. The molecule has 0 unspecified atom stereocenters. The maximum atomic E-state index is 12.8. The van der Waals surface area contributed by atoms with Gasteiger partial charge in [0.05, 0.1) is 20.3 Å². The van der Waals surface area contributed by atoms with Crippen LogP contribution in [0, 0.1) is 5.92 Å². The highest BCUT2D eigenvalue weighted by atomic mass is 28.4. The molecule has 0 amide bonds. The molecule has 0 spiro atoms. The van der Waals surface area contributed by atoms with Gasteiger partial charge in [-0.25, -0.2) is 19.4 Å². The molecule has 10 heteroatoms. The van der Waals surface area contributed by atoms with Gasteiger partial charge in [-0.05, 0) is 38.4 Å². The summed E-state index contributed by atoms with van der Waals surface area (Å²) in [5, 5.41) is 22.1. The number of ether oxygens (including phenoxy) is 2. The summed E-state index contributed by atoms with van der Waals surface area (Å²) < 4.78 is 16.3. The molecule has 0 aromatic rings. The average Bonchev–Trinajstić information content (AvgIpc) is 3.10. The SMILES string of the molecule is CCCCCCC[C@H](O[Si](C)(C)C(C)(C)C)[C@H]1[C@H]([C@](O)(C(=O)OC)[C@H](O)C(=O)OC)OOC1(C)C. The fourth-order valence-corrected chi connectivity index (χ4v) is 5.67. The van der Waals surface area contributed by atoms with Gasteiger partial charge >= 0.3 is 11.9 Å². The number of rotatable bonds is 13. The Kier molecular flexibility index (Phi) is 11.4. The molecule has 0 saturated carbocycles. The third-order valence-electron chi connectivity index (χ3n) is 7.53. The first-order valence-corrected chi connectivity index (χ1v) is 15.5. The van der Waals surface area contributed by atoms with Crippen molar-refractivity contribution < 1.29 is 43.5 Å². The smallest absolute Gasteiger partial charge is 0.344 e.